The lowest BCUT2D eigenvalue weighted by Crippen LogP contribution is -2.20. The van der Waals surface area contributed by atoms with Crippen LogP contribution in [0.3, 0.4) is 0 Å². The molecular formula is C19H21BrN2O2. The summed E-state index contributed by atoms with van der Waals surface area (Å²) in [5.74, 6) is 0.528. The highest BCUT2D eigenvalue weighted by Crippen LogP contribution is 2.23. The van der Waals surface area contributed by atoms with E-state index >= 15 is 0 Å². The third-order valence-corrected chi connectivity index (χ3v) is 5.01. The van der Waals surface area contributed by atoms with E-state index in [0.29, 0.717) is 5.75 Å². The summed E-state index contributed by atoms with van der Waals surface area (Å²) in [6.07, 6.45) is 2.51. The molecule has 0 unspecified atom stereocenters. The molecule has 0 atom stereocenters. The number of halogens is 1. The highest BCUT2D eigenvalue weighted by Gasteiger charge is 2.12. The van der Waals surface area contributed by atoms with Crippen LogP contribution in [0.5, 0.6) is 5.75 Å². The molecular weight excluding hydrogens is 368 g/mol. The summed E-state index contributed by atoms with van der Waals surface area (Å²) in [5, 5.41) is 2.86. The number of amides is 1. The molecule has 0 aliphatic carbocycles. The molecule has 24 heavy (non-hydrogen) atoms. The van der Waals surface area contributed by atoms with Crippen LogP contribution in [0.25, 0.3) is 0 Å². The van der Waals surface area contributed by atoms with E-state index in [1.807, 2.05) is 37.3 Å². The van der Waals surface area contributed by atoms with Crippen LogP contribution >= 0.6 is 15.9 Å². The summed E-state index contributed by atoms with van der Waals surface area (Å²) in [6.45, 7) is 4.21. The molecule has 2 aromatic carbocycles. The van der Waals surface area contributed by atoms with Gasteiger partial charge in [-0.3, -0.25) is 4.79 Å². The van der Waals surface area contributed by atoms with Crippen LogP contribution in [0.4, 0.5) is 11.4 Å². The van der Waals surface area contributed by atoms with E-state index in [1.165, 1.54) is 18.5 Å². The van der Waals surface area contributed by atoms with Gasteiger partial charge in [-0.05, 0) is 67.8 Å². The number of nitrogens with one attached hydrogen (secondary N) is 1. The van der Waals surface area contributed by atoms with Gasteiger partial charge in [0.2, 0.25) is 0 Å². The Bertz CT molecular complexity index is 710. The maximum Gasteiger partial charge on any atom is 0.262 e. The van der Waals surface area contributed by atoms with Crippen molar-refractivity contribution >= 4 is 33.2 Å². The molecule has 0 bridgehead atoms. The summed E-state index contributed by atoms with van der Waals surface area (Å²) in [4.78, 5) is 14.4. The summed E-state index contributed by atoms with van der Waals surface area (Å²) >= 11 is 3.45. The number of hydrogen-bond donors (Lipinski definition) is 1. The van der Waals surface area contributed by atoms with Crippen molar-refractivity contribution in [3.05, 3.63) is 52.5 Å². The average Bonchev–Trinajstić information content (AvgIpc) is 3.11. The van der Waals surface area contributed by atoms with Crippen LogP contribution in [0.2, 0.25) is 0 Å². The molecule has 1 aliphatic rings. The first-order valence-electron chi connectivity index (χ1n) is 8.15. The van der Waals surface area contributed by atoms with Crippen molar-refractivity contribution in [2.45, 2.75) is 19.8 Å². The van der Waals surface area contributed by atoms with Crippen LogP contribution in [-0.2, 0) is 4.79 Å². The van der Waals surface area contributed by atoms with E-state index in [4.69, 9.17) is 4.74 Å². The molecule has 1 amide bonds. The van der Waals surface area contributed by atoms with Crippen LogP contribution in [0.15, 0.2) is 46.9 Å². The van der Waals surface area contributed by atoms with E-state index in [9.17, 15) is 4.79 Å². The summed E-state index contributed by atoms with van der Waals surface area (Å²) in [7, 11) is 0. The Morgan fingerprint density at radius 1 is 1.17 bits per heavy atom. The van der Waals surface area contributed by atoms with Gasteiger partial charge < -0.3 is 15.0 Å². The first-order valence-corrected chi connectivity index (χ1v) is 8.95. The molecule has 1 fully saturated rings. The number of rotatable bonds is 5. The number of carbonyl (C=O) groups is 1. The largest absolute Gasteiger partial charge is 0.484 e. The van der Waals surface area contributed by atoms with Gasteiger partial charge in [-0.15, -0.1) is 0 Å². The fourth-order valence-electron chi connectivity index (χ4n) is 2.78. The monoisotopic (exact) mass is 388 g/mol. The molecule has 1 aliphatic heterocycles. The summed E-state index contributed by atoms with van der Waals surface area (Å²) in [6, 6.07) is 13.7. The summed E-state index contributed by atoms with van der Waals surface area (Å²) in [5.41, 5.74) is 3.08. The topological polar surface area (TPSA) is 41.6 Å². The Morgan fingerprint density at radius 2 is 1.88 bits per heavy atom. The number of hydrogen-bond acceptors (Lipinski definition) is 3. The standard InChI is InChI=1S/C19H21BrN2O2/c1-14-12-17(8-9-18(14)20)24-13-19(23)21-15-4-6-16(7-5-15)22-10-2-3-11-22/h4-9,12H,2-3,10-11,13H2,1H3,(H,21,23). The Hall–Kier alpha value is -2.01. The number of anilines is 2. The lowest BCUT2D eigenvalue weighted by Gasteiger charge is -2.17. The fourth-order valence-corrected chi connectivity index (χ4v) is 3.03. The SMILES string of the molecule is Cc1cc(OCC(=O)Nc2ccc(N3CCCC3)cc2)ccc1Br. The Labute approximate surface area is 150 Å². The molecule has 0 saturated carbocycles. The second-order valence-electron chi connectivity index (χ2n) is 5.99. The average molecular weight is 389 g/mol. The molecule has 1 N–H and O–H groups in total. The second-order valence-corrected chi connectivity index (χ2v) is 6.84. The Kier molecular flexibility index (Phi) is 5.41. The quantitative estimate of drug-likeness (QED) is 0.826. The van der Waals surface area contributed by atoms with Gasteiger partial charge in [0.25, 0.3) is 5.91 Å². The van der Waals surface area contributed by atoms with Gasteiger partial charge in [-0.25, -0.2) is 0 Å². The molecule has 1 saturated heterocycles. The summed E-state index contributed by atoms with van der Waals surface area (Å²) < 4.78 is 6.57. The zero-order valence-corrected chi connectivity index (χ0v) is 15.3. The molecule has 0 radical (unpaired) electrons. The van der Waals surface area contributed by atoms with Crippen molar-refractivity contribution in [3.63, 3.8) is 0 Å². The highest BCUT2D eigenvalue weighted by atomic mass is 79.9. The van der Waals surface area contributed by atoms with Crippen LogP contribution in [-0.4, -0.2) is 25.6 Å². The van der Waals surface area contributed by atoms with Crippen LogP contribution in [0, 0.1) is 6.92 Å². The second kappa shape index (κ2) is 7.71. The van der Waals surface area contributed by atoms with Crippen LogP contribution in [0.1, 0.15) is 18.4 Å². The molecule has 4 nitrogen and oxygen atoms in total. The predicted octanol–water partition coefficient (Wildman–Crippen LogP) is 4.38. The normalized spacial score (nSPS) is 13.8. The minimum absolute atomic E-state index is 0.00501. The molecule has 3 rings (SSSR count). The number of carbonyl (C=O) groups excluding carboxylic acids is 1. The first kappa shape index (κ1) is 16.8. The minimum Gasteiger partial charge on any atom is -0.484 e. The molecule has 0 spiro atoms. The number of benzene rings is 2. The molecule has 0 aromatic heterocycles. The highest BCUT2D eigenvalue weighted by molar-refractivity contribution is 9.10. The number of aryl methyl sites for hydroxylation is 1. The number of nitrogens with zero attached hydrogens (tertiary/aromatic N) is 1. The third-order valence-electron chi connectivity index (χ3n) is 4.12. The lowest BCUT2D eigenvalue weighted by molar-refractivity contribution is -0.118. The van der Waals surface area contributed by atoms with E-state index < -0.39 is 0 Å². The maximum atomic E-state index is 12.0. The van der Waals surface area contributed by atoms with Gasteiger partial charge in [0, 0.05) is 28.9 Å². The van der Waals surface area contributed by atoms with Crippen molar-refractivity contribution in [3.8, 4) is 5.75 Å². The lowest BCUT2D eigenvalue weighted by atomic mass is 10.2. The van der Waals surface area contributed by atoms with E-state index in [2.05, 4.69) is 38.3 Å². The molecule has 2 aromatic rings. The fraction of sp³-hybridized carbons (Fsp3) is 0.316. The van der Waals surface area contributed by atoms with Gasteiger partial charge in [-0.2, -0.15) is 0 Å². The Balaban J connectivity index is 1.51. The Morgan fingerprint density at radius 3 is 2.54 bits per heavy atom. The molecule has 126 valence electrons. The van der Waals surface area contributed by atoms with E-state index in [-0.39, 0.29) is 12.5 Å². The van der Waals surface area contributed by atoms with Crippen molar-refractivity contribution in [2.75, 3.05) is 29.9 Å². The first-order chi connectivity index (χ1) is 11.6. The third kappa shape index (κ3) is 4.29. The zero-order valence-electron chi connectivity index (χ0n) is 13.7. The molecule has 5 heteroatoms. The van der Waals surface area contributed by atoms with Crippen LogP contribution < -0.4 is 15.0 Å². The van der Waals surface area contributed by atoms with Gasteiger partial charge in [0.15, 0.2) is 6.61 Å². The maximum absolute atomic E-state index is 12.0. The van der Waals surface area contributed by atoms with Crippen molar-refractivity contribution < 1.29 is 9.53 Å². The molecule has 1 heterocycles. The van der Waals surface area contributed by atoms with Crippen molar-refractivity contribution in [1.82, 2.24) is 0 Å². The van der Waals surface area contributed by atoms with Gasteiger partial charge in [0.05, 0.1) is 0 Å². The van der Waals surface area contributed by atoms with Gasteiger partial charge in [-0.1, -0.05) is 15.9 Å². The number of ether oxygens (including phenoxy) is 1. The smallest absolute Gasteiger partial charge is 0.262 e. The zero-order chi connectivity index (χ0) is 16.9. The minimum atomic E-state index is -0.163. The van der Waals surface area contributed by atoms with Gasteiger partial charge in [0.1, 0.15) is 5.75 Å². The van der Waals surface area contributed by atoms with E-state index in [0.717, 1.165) is 28.8 Å². The van der Waals surface area contributed by atoms with Crippen molar-refractivity contribution in [2.24, 2.45) is 0 Å². The van der Waals surface area contributed by atoms with Gasteiger partial charge >= 0.3 is 0 Å². The van der Waals surface area contributed by atoms with E-state index in [1.54, 1.807) is 0 Å². The predicted molar refractivity (Wildman–Crippen MR) is 101 cm³/mol. The van der Waals surface area contributed by atoms with Crippen molar-refractivity contribution in [1.29, 1.82) is 0 Å².